The minimum Gasteiger partial charge on any atom is -0.368 e. The minimum atomic E-state index is -0.212. The first-order valence-corrected chi connectivity index (χ1v) is 8.17. The summed E-state index contributed by atoms with van der Waals surface area (Å²) in [4.78, 5) is 31.4. The van der Waals surface area contributed by atoms with Gasteiger partial charge in [-0.05, 0) is 32.0 Å². The molecule has 26 heavy (non-hydrogen) atoms. The van der Waals surface area contributed by atoms with E-state index in [9.17, 15) is 4.79 Å². The SMILES string of the molecule is Cc1ccc2nc(C)cc(C(=O)NCc3nc(N)nc(N(C)C)n3)c2c1. The summed E-state index contributed by atoms with van der Waals surface area (Å²) < 4.78 is 0. The zero-order chi connectivity index (χ0) is 18.8. The molecule has 0 aliphatic heterocycles. The number of hydrogen-bond acceptors (Lipinski definition) is 7. The van der Waals surface area contributed by atoms with E-state index in [0.29, 0.717) is 17.3 Å². The van der Waals surface area contributed by atoms with Crippen molar-refractivity contribution in [2.75, 3.05) is 24.7 Å². The topological polar surface area (TPSA) is 110 Å². The van der Waals surface area contributed by atoms with E-state index in [1.54, 1.807) is 11.0 Å². The number of nitrogens with zero attached hydrogens (tertiary/aromatic N) is 5. The molecule has 0 spiro atoms. The maximum absolute atomic E-state index is 12.7. The van der Waals surface area contributed by atoms with E-state index in [2.05, 4.69) is 25.3 Å². The van der Waals surface area contributed by atoms with E-state index in [1.165, 1.54) is 0 Å². The molecule has 0 aliphatic carbocycles. The summed E-state index contributed by atoms with van der Waals surface area (Å²) >= 11 is 0. The fourth-order valence-corrected chi connectivity index (χ4v) is 2.62. The van der Waals surface area contributed by atoms with Gasteiger partial charge in [-0.3, -0.25) is 9.78 Å². The molecule has 0 atom stereocenters. The zero-order valence-electron chi connectivity index (χ0n) is 15.2. The number of aryl methyl sites for hydroxylation is 2. The van der Waals surface area contributed by atoms with Gasteiger partial charge in [-0.1, -0.05) is 11.6 Å². The summed E-state index contributed by atoms with van der Waals surface area (Å²) in [6.45, 7) is 4.00. The minimum absolute atomic E-state index is 0.119. The van der Waals surface area contributed by atoms with Crippen molar-refractivity contribution in [3.63, 3.8) is 0 Å². The monoisotopic (exact) mass is 351 g/mol. The Morgan fingerprint density at radius 1 is 1.12 bits per heavy atom. The largest absolute Gasteiger partial charge is 0.368 e. The van der Waals surface area contributed by atoms with Gasteiger partial charge in [0.05, 0.1) is 17.6 Å². The second-order valence-corrected chi connectivity index (χ2v) is 6.32. The number of nitrogen functional groups attached to an aromatic ring is 1. The number of benzene rings is 1. The van der Waals surface area contributed by atoms with Crippen molar-refractivity contribution in [1.82, 2.24) is 25.3 Å². The van der Waals surface area contributed by atoms with E-state index in [1.807, 2.05) is 46.1 Å². The highest BCUT2D eigenvalue weighted by Gasteiger charge is 2.13. The quantitative estimate of drug-likeness (QED) is 0.735. The van der Waals surface area contributed by atoms with Gasteiger partial charge in [0.1, 0.15) is 0 Å². The smallest absolute Gasteiger partial charge is 0.252 e. The second-order valence-electron chi connectivity index (χ2n) is 6.32. The molecule has 0 bridgehead atoms. The van der Waals surface area contributed by atoms with Crippen molar-refractivity contribution < 1.29 is 4.79 Å². The molecule has 134 valence electrons. The highest BCUT2D eigenvalue weighted by atomic mass is 16.1. The average molecular weight is 351 g/mol. The normalized spacial score (nSPS) is 10.8. The lowest BCUT2D eigenvalue weighted by molar-refractivity contribution is 0.0951. The van der Waals surface area contributed by atoms with Crippen molar-refractivity contribution in [1.29, 1.82) is 0 Å². The Kier molecular flexibility index (Phi) is 4.66. The van der Waals surface area contributed by atoms with Gasteiger partial charge in [0.2, 0.25) is 11.9 Å². The van der Waals surface area contributed by atoms with E-state index in [-0.39, 0.29) is 18.4 Å². The number of nitrogens with one attached hydrogen (secondary N) is 1. The molecule has 0 radical (unpaired) electrons. The highest BCUT2D eigenvalue weighted by Crippen LogP contribution is 2.20. The van der Waals surface area contributed by atoms with E-state index in [0.717, 1.165) is 22.2 Å². The van der Waals surface area contributed by atoms with Crippen LogP contribution in [0.3, 0.4) is 0 Å². The highest BCUT2D eigenvalue weighted by molar-refractivity contribution is 6.06. The Labute approximate surface area is 151 Å². The van der Waals surface area contributed by atoms with Gasteiger partial charge in [0.25, 0.3) is 5.91 Å². The Hall–Kier alpha value is -3.29. The van der Waals surface area contributed by atoms with Gasteiger partial charge in [0.15, 0.2) is 5.82 Å². The van der Waals surface area contributed by atoms with E-state index in [4.69, 9.17) is 5.73 Å². The maximum atomic E-state index is 12.7. The molecule has 3 aromatic rings. The van der Waals surface area contributed by atoms with Crippen LogP contribution in [0, 0.1) is 13.8 Å². The Morgan fingerprint density at radius 2 is 1.88 bits per heavy atom. The Morgan fingerprint density at radius 3 is 2.62 bits per heavy atom. The summed E-state index contributed by atoms with van der Waals surface area (Å²) in [5.41, 5.74) is 8.93. The number of amides is 1. The number of fused-ring (bicyclic) bond motifs is 1. The van der Waals surface area contributed by atoms with Crippen molar-refractivity contribution in [3.05, 3.63) is 46.9 Å². The third-order valence-corrected chi connectivity index (χ3v) is 3.83. The van der Waals surface area contributed by atoms with Crippen LogP contribution in [0.4, 0.5) is 11.9 Å². The fourth-order valence-electron chi connectivity index (χ4n) is 2.62. The molecule has 3 rings (SSSR count). The van der Waals surface area contributed by atoms with Crippen LogP contribution in [0.5, 0.6) is 0 Å². The van der Waals surface area contributed by atoms with Gasteiger partial charge >= 0.3 is 0 Å². The third kappa shape index (κ3) is 3.69. The number of carbonyl (C=O) groups excluding carboxylic acids is 1. The number of nitrogens with two attached hydrogens (primary N) is 1. The molecular weight excluding hydrogens is 330 g/mol. The lowest BCUT2D eigenvalue weighted by atomic mass is 10.0. The van der Waals surface area contributed by atoms with Crippen LogP contribution in [0.25, 0.3) is 10.9 Å². The second kappa shape index (κ2) is 6.91. The number of rotatable bonds is 4. The lowest BCUT2D eigenvalue weighted by Crippen LogP contribution is -2.25. The van der Waals surface area contributed by atoms with Crippen LogP contribution >= 0.6 is 0 Å². The van der Waals surface area contributed by atoms with Crippen molar-refractivity contribution >= 4 is 28.7 Å². The van der Waals surface area contributed by atoms with Gasteiger partial charge in [0, 0.05) is 25.2 Å². The molecule has 0 unspecified atom stereocenters. The molecule has 8 heteroatoms. The van der Waals surface area contributed by atoms with Gasteiger partial charge in [-0.25, -0.2) is 0 Å². The molecule has 0 saturated heterocycles. The number of aromatic nitrogens is 4. The molecular formula is C18H21N7O. The number of anilines is 2. The summed E-state index contributed by atoms with van der Waals surface area (Å²) in [5.74, 6) is 0.758. The Balaban J connectivity index is 1.87. The molecule has 2 aromatic heterocycles. The van der Waals surface area contributed by atoms with Crippen molar-refractivity contribution in [3.8, 4) is 0 Å². The summed E-state index contributed by atoms with van der Waals surface area (Å²) in [6, 6.07) is 7.64. The van der Waals surface area contributed by atoms with Gasteiger partial charge in [-0.15, -0.1) is 0 Å². The molecule has 2 heterocycles. The number of hydrogen-bond donors (Lipinski definition) is 2. The molecule has 0 saturated carbocycles. The molecule has 0 aliphatic rings. The molecule has 1 aromatic carbocycles. The van der Waals surface area contributed by atoms with E-state index >= 15 is 0 Å². The zero-order valence-corrected chi connectivity index (χ0v) is 15.2. The first kappa shape index (κ1) is 17.5. The summed E-state index contributed by atoms with van der Waals surface area (Å²) in [5, 5.41) is 3.67. The molecule has 3 N–H and O–H groups in total. The van der Waals surface area contributed by atoms with Crippen LogP contribution in [0.15, 0.2) is 24.3 Å². The van der Waals surface area contributed by atoms with Crippen LogP contribution in [0.1, 0.15) is 27.4 Å². The standard InChI is InChI=1S/C18H21N7O/c1-10-5-6-14-12(7-10)13(8-11(2)21-14)16(26)20-9-15-22-17(19)24-18(23-15)25(3)4/h5-8H,9H2,1-4H3,(H,20,26)(H2,19,22,23,24). The molecule has 8 nitrogen and oxygen atoms in total. The number of pyridine rings is 1. The molecule has 1 amide bonds. The molecule has 0 fully saturated rings. The van der Waals surface area contributed by atoms with Crippen molar-refractivity contribution in [2.45, 2.75) is 20.4 Å². The van der Waals surface area contributed by atoms with Crippen LogP contribution < -0.4 is 16.0 Å². The van der Waals surface area contributed by atoms with Gasteiger partial charge in [-0.2, -0.15) is 15.0 Å². The maximum Gasteiger partial charge on any atom is 0.252 e. The van der Waals surface area contributed by atoms with E-state index < -0.39 is 0 Å². The lowest BCUT2D eigenvalue weighted by Gasteiger charge is -2.12. The predicted molar refractivity (Wildman–Crippen MR) is 101 cm³/mol. The van der Waals surface area contributed by atoms with Crippen molar-refractivity contribution in [2.24, 2.45) is 0 Å². The summed E-state index contributed by atoms with van der Waals surface area (Å²) in [6.07, 6.45) is 0. The van der Waals surface area contributed by atoms with Crippen LogP contribution in [-0.4, -0.2) is 39.9 Å². The average Bonchev–Trinajstić information content (AvgIpc) is 2.59. The number of carbonyl (C=O) groups is 1. The predicted octanol–water partition coefficient (Wildman–Crippen LogP) is 1.61. The fraction of sp³-hybridized carbons (Fsp3) is 0.278. The van der Waals surface area contributed by atoms with Crippen LogP contribution in [-0.2, 0) is 6.54 Å². The first-order chi connectivity index (χ1) is 12.3. The van der Waals surface area contributed by atoms with Crippen LogP contribution in [0.2, 0.25) is 0 Å². The third-order valence-electron chi connectivity index (χ3n) is 3.83. The summed E-state index contributed by atoms with van der Waals surface area (Å²) in [7, 11) is 3.62. The van der Waals surface area contributed by atoms with Gasteiger partial charge < -0.3 is 16.0 Å². The Bertz CT molecular complexity index is 985. The first-order valence-electron chi connectivity index (χ1n) is 8.17.